The second-order valence-electron chi connectivity index (χ2n) is 4.04. The summed E-state index contributed by atoms with van der Waals surface area (Å²) >= 11 is 0. The van der Waals surface area contributed by atoms with Crippen molar-refractivity contribution in [2.24, 2.45) is 0 Å². The standard InChI is InChI=1S/C13H17N3O/c1-3-10-6-5-7-11(8-10)16-9-12(14-15-16)13(17)4-2/h5-9,13,17H,3-4H2,1-2H3. The van der Waals surface area contributed by atoms with Crippen molar-refractivity contribution in [3.8, 4) is 5.69 Å². The number of aryl methyl sites for hydroxylation is 1. The molecule has 90 valence electrons. The lowest BCUT2D eigenvalue weighted by atomic mass is 10.1. The molecule has 1 unspecified atom stereocenters. The average molecular weight is 231 g/mol. The van der Waals surface area contributed by atoms with E-state index in [2.05, 4.69) is 29.4 Å². The van der Waals surface area contributed by atoms with Gasteiger partial charge in [0.15, 0.2) is 0 Å². The summed E-state index contributed by atoms with van der Waals surface area (Å²) in [4.78, 5) is 0. The van der Waals surface area contributed by atoms with Gasteiger partial charge in [-0.3, -0.25) is 0 Å². The average Bonchev–Trinajstić information content (AvgIpc) is 2.87. The molecule has 1 aromatic heterocycles. The van der Waals surface area contributed by atoms with Crippen LogP contribution in [0.3, 0.4) is 0 Å². The first-order chi connectivity index (χ1) is 8.24. The minimum atomic E-state index is -0.530. The normalized spacial score (nSPS) is 12.6. The van der Waals surface area contributed by atoms with E-state index in [1.807, 2.05) is 19.1 Å². The Morgan fingerprint density at radius 3 is 2.88 bits per heavy atom. The Bertz CT molecular complexity index is 493. The highest BCUT2D eigenvalue weighted by molar-refractivity contribution is 5.35. The van der Waals surface area contributed by atoms with E-state index in [4.69, 9.17) is 0 Å². The van der Waals surface area contributed by atoms with E-state index in [9.17, 15) is 5.11 Å². The fourth-order valence-electron chi connectivity index (χ4n) is 1.68. The molecule has 0 spiro atoms. The zero-order chi connectivity index (χ0) is 12.3. The van der Waals surface area contributed by atoms with E-state index in [-0.39, 0.29) is 0 Å². The van der Waals surface area contributed by atoms with Gasteiger partial charge in [0.1, 0.15) is 5.69 Å². The highest BCUT2D eigenvalue weighted by Crippen LogP contribution is 2.15. The number of aliphatic hydroxyl groups excluding tert-OH is 1. The molecule has 0 aliphatic rings. The molecule has 0 radical (unpaired) electrons. The molecule has 2 rings (SSSR count). The third-order valence-electron chi connectivity index (χ3n) is 2.82. The van der Waals surface area contributed by atoms with Gasteiger partial charge in [-0.15, -0.1) is 5.10 Å². The van der Waals surface area contributed by atoms with E-state index in [1.165, 1.54) is 5.56 Å². The van der Waals surface area contributed by atoms with Gasteiger partial charge in [-0.2, -0.15) is 0 Å². The maximum Gasteiger partial charge on any atom is 0.112 e. The quantitative estimate of drug-likeness (QED) is 0.878. The summed E-state index contributed by atoms with van der Waals surface area (Å²) in [5, 5.41) is 17.7. The van der Waals surface area contributed by atoms with Crippen molar-refractivity contribution in [3.05, 3.63) is 41.7 Å². The van der Waals surface area contributed by atoms with Crippen LogP contribution in [0.25, 0.3) is 5.69 Å². The highest BCUT2D eigenvalue weighted by Gasteiger charge is 2.10. The maximum atomic E-state index is 9.67. The molecule has 1 atom stereocenters. The summed E-state index contributed by atoms with van der Waals surface area (Å²) in [6, 6.07) is 8.15. The molecule has 0 aliphatic carbocycles. The molecule has 0 amide bonds. The number of aromatic nitrogens is 3. The van der Waals surface area contributed by atoms with Crippen molar-refractivity contribution in [1.82, 2.24) is 15.0 Å². The molecular weight excluding hydrogens is 214 g/mol. The largest absolute Gasteiger partial charge is 0.387 e. The summed E-state index contributed by atoms with van der Waals surface area (Å²) in [7, 11) is 0. The minimum Gasteiger partial charge on any atom is -0.387 e. The van der Waals surface area contributed by atoms with Crippen molar-refractivity contribution in [2.45, 2.75) is 32.8 Å². The van der Waals surface area contributed by atoms with Crippen LogP contribution in [-0.2, 0) is 6.42 Å². The number of nitrogens with zero attached hydrogens (tertiary/aromatic N) is 3. The van der Waals surface area contributed by atoms with Crippen molar-refractivity contribution in [2.75, 3.05) is 0 Å². The Balaban J connectivity index is 2.30. The summed E-state index contributed by atoms with van der Waals surface area (Å²) in [6.45, 7) is 4.04. The summed E-state index contributed by atoms with van der Waals surface area (Å²) in [5.41, 5.74) is 2.86. The maximum absolute atomic E-state index is 9.67. The lowest BCUT2D eigenvalue weighted by molar-refractivity contribution is 0.169. The zero-order valence-corrected chi connectivity index (χ0v) is 10.2. The molecule has 4 nitrogen and oxygen atoms in total. The number of hydrogen-bond acceptors (Lipinski definition) is 3. The van der Waals surface area contributed by atoms with Gasteiger partial charge in [0.2, 0.25) is 0 Å². The predicted octanol–water partition coefficient (Wildman–Crippen LogP) is 2.27. The number of rotatable bonds is 4. The Morgan fingerprint density at radius 1 is 1.35 bits per heavy atom. The highest BCUT2D eigenvalue weighted by atomic mass is 16.3. The van der Waals surface area contributed by atoms with Crippen LogP contribution >= 0.6 is 0 Å². The summed E-state index contributed by atoms with van der Waals surface area (Å²) in [5.74, 6) is 0. The SMILES string of the molecule is CCc1cccc(-n2cc(C(O)CC)nn2)c1. The van der Waals surface area contributed by atoms with E-state index < -0.39 is 6.10 Å². The Hall–Kier alpha value is -1.68. The van der Waals surface area contributed by atoms with E-state index in [1.54, 1.807) is 10.9 Å². The third-order valence-corrected chi connectivity index (χ3v) is 2.82. The number of hydrogen-bond donors (Lipinski definition) is 1. The fourth-order valence-corrected chi connectivity index (χ4v) is 1.68. The van der Waals surface area contributed by atoms with Crippen LogP contribution in [0.15, 0.2) is 30.5 Å². The lowest BCUT2D eigenvalue weighted by Crippen LogP contribution is -1.96. The zero-order valence-electron chi connectivity index (χ0n) is 10.2. The van der Waals surface area contributed by atoms with Crippen LogP contribution in [0.1, 0.15) is 37.6 Å². The van der Waals surface area contributed by atoms with Crippen LogP contribution in [0.2, 0.25) is 0 Å². The van der Waals surface area contributed by atoms with E-state index >= 15 is 0 Å². The second-order valence-corrected chi connectivity index (χ2v) is 4.04. The number of aliphatic hydroxyl groups is 1. The molecule has 0 saturated carbocycles. The fraction of sp³-hybridized carbons (Fsp3) is 0.385. The van der Waals surface area contributed by atoms with Gasteiger partial charge in [-0.1, -0.05) is 31.2 Å². The Labute approximate surface area is 101 Å². The molecular formula is C13H17N3O. The van der Waals surface area contributed by atoms with E-state index in [0.717, 1.165) is 12.1 Å². The second kappa shape index (κ2) is 5.10. The molecule has 0 saturated heterocycles. The first kappa shape index (κ1) is 11.8. The van der Waals surface area contributed by atoms with Gasteiger partial charge < -0.3 is 5.11 Å². The van der Waals surface area contributed by atoms with Gasteiger partial charge in [-0.05, 0) is 30.5 Å². The number of benzene rings is 1. The Morgan fingerprint density at radius 2 is 2.18 bits per heavy atom. The molecule has 0 fully saturated rings. The van der Waals surface area contributed by atoms with Crippen molar-refractivity contribution in [1.29, 1.82) is 0 Å². The van der Waals surface area contributed by atoms with E-state index in [0.29, 0.717) is 12.1 Å². The predicted molar refractivity (Wildman–Crippen MR) is 66.0 cm³/mol. The molecule has 1 N–H and O–H groups in total. The molecule has 1 heterocycles. The molecule has 17 heavy (non-hydrogen) atoms. The van der Waals surface area contributed by atoms with Crippen LogP contribution < -0.4 is 0 Å². The Kier molecular flexibility index (Phi) is 3.54. The molecule has 0 bridgehead atoms. The van der Waals surface area contributed by atoms with Crippen molar-refractivity contribution >= 4 is 0 Å². The molecule has 1 aromatic carbocycles. The summed E-state index contributed by atoms with van der Waals surface area (Å²) < 4.78 is 1.70. The molecule has 2 aromatic rings. The first-order valence-electron chi connectivity index (χ1n) is 5.94. The van der Waals surface area contributed by atoms with Gasteiger partial charge in [0.25, 0.3) is 0 Å². The van der Waals surface area contributed by atoms with Crippen LogP contribution in [-0.4, -0.2) is 20.1 Å². The first-order valence-corrected chi connectivity index (χ1v) is 5.94. The van der Waals surface area contributed by atoms with Crippen LogP contribution in [0.4, 0.5) is 0 Å². The van der Waals surface area contributed by atoms with Crippen LogP contribution in [0, 0.1) is 0 Å². The van der Waals surface area contributed by atoms with Gasteiger partial charge in [-0.25, -0.2) is 4.68 Å². The topological polar surface area (TPSA) is 50.9 Å². The molecule has 0 aliphatic heterocycles. The smallest absolute Gasteiger partial charge is 0.112 e. The van der Waals surface area contributed by atoms with Crippen molar-refractivity contribution in [3.63, 3.8) is 0 Å². The van der Waals surface area contributed by atoms with Crippen molar-refractivity contribution < 1.29 is 5.11 Å². The van der Waals surface area contributed by atoms with Gasteiger partial charge >= 0.3 is 0 Å². The summed E-state index contributed by atoms with van der Waals surface area (Å²) in [6.07, 6.45) is 2.89. The third kappa shape index (κ3) is 2.53. The van der Waals surface area contributed by atoms with Crippen LogP contribution in [0.5, 0.6) is 0 Å². The van der Waals surface area contributed by atoms with Gasteiger partial charge in [0, 0.05) is 0 Å². The lowest BCUT2D eigenvalue weighted by Gasteiger charge is -2.03. The minimum absolute atomic E-state index is 0.530. The van der Waals surface area contributed by atoms with Gasteiger partial charge in [0.05, 0.1) is 18.0 Å². The molecule has 4 heteroatoms. The monoisotopic (exact) mass is 231 g/mol.